The average Bonchev–Trinajstić information content (AvgIpc) is 2.17. The Morgan fingerprint density at radius 2 is 1.80 bits per heavy atom. The molecule has 0 aromatic heterocycles. The number of rotatable bonds is 3. The molecule has 1 rings (SSSR count). The van der Waals surface area contributed by atoms with Gasteiger partial charge in [-0.15, -0.1) is 0 Å². The van der Waals surface area contributed by atoms with Crippen molar-refractivity contribution < 1.29 is 10.0 Å². The molecule has 0 fully saturated rings. The quantitative estimate of drug-likeness (QED) is 0.470. The van der Waals surface area contributed by atoms with E-state index in [4.69, 9.17) is 0 Å². The molecule has 1 N–H and O–H groups in total. The summed E-state index contributed by atoms with van der Waals surface area (Å²) in [4.78, 5) is 10.6. The summed E-state index contributed by atoms with van der Waals surface area (Å²) >= 11 is 0. The summed E-state index contributed by atoms with van der Waals surface area (Å²) in [6, 6.07) is 9.19. The highest BCUT2D eigenvalue weighted by Gasteiger charge is 2.30. The lowest BCUT2D eigenvalue weighted by Crippen LogP contribution is -2.33. The lowest BCUT2D eigenvalue weighted by atomic mass is 9.82. The van der Waals surface area contributed by atoms with Gasteiger partial charge in [0.15, 0.2) is 0 Å². The fourth-order valence-electron chi connectivity index (χ4n) is 1.75. The first-order valence-electron chi connectivity index (χ1n) is 4.94. The van der Waals surface area contributed by atoms with Gasteiger partial charge in [0.25, 0.3) is 0 Å². The lowest BCUT2D eigenvalue weighted by molar-refractivity contribution is -0.171. The first-order valence-corrected chi connectivity index (χ1v) is 4.94. The van der Waals surface area contributed by atoms with Gasteiger partial charge in [-0.05, 0) is 11.0 Å². The molecular formula is C12H17NO2. The molecule has 3 nitrogen and oxygen atoms in total. The minimum atomic E-state index is -0.323. The molecule has 1 amide bonds. The summed E-state index contributed by atoms with van der Waals surface area (Å²) in [7, 11) is 0. The van der Waals surface area contributed by atoms with Gasteiger partial charge in [0.2, 0.25) is 6.41 Å². The predicted octanol–water partition coefficient (Wildman–Crippen LogP) is 2.62. The molecule has 0 saturated carbocycles. The van der Waals surface area contributed by atoms with Crippen LogP contribution >= 0.6 is 0 Å². The Bertz CT molecular complexity index is 316. The van der Waals surface area contributed by atoms with Gasteiger partial charge in [-0.25, -0.2) is 5.06 Å². The molecule has 15 heavy (non-hydrogen) atoms. The van der Waals surface area contributed by atoms with Crippen molar-refractivity contribution in [3.63, 3.8) is 0 Å². The van der Waals surface area contributed by atoms with Crippen LogP contribution in [0.4, 0.5) is 0 Å². The maximum atomic E-state index is 10.6. The van der Waals surface area contributed by atoms with Crippen molar-refractivity contribution in [2.45, 2.75) is 26.8 Å². The van der Waals surface area contributed by atoms with Gasteiger partial charge in [-0.2, -0.15) is 0 Å². The third-order valence-corrected chi connectivity index (χ3v) is 2.31. The fourth-order valence-corrected chi connectivity index (χ4v) is 1.75. The van der Waals surface area contributed by atoms with E-state index in [2.05, 4.69) is 0 Å². The van der Waals surface area contributed by atoms with Crippen LogP contribution in [0.15, 0.2) is 30.3 Å². The van der Waals surface area contributed by atoms with Gasteiger partial charge in [0, 0.05) is 0 Å². The second-order valence-corrected chi connectivity index (χ2v) is 4.66. The van der Waals surface area contributed by atoms with Crippen LogP contribution in [-0.2, 0) is 4.79 Å². The summed E-state index contributed by atoms with van der Waals surface area (Å²) in [5, 5.41) is 10.3. The van der Waals surface area contributed by atoms with E-state index in [1.807, 2.05) is 51.1 Å². The second-order valence-electron chi connectivity index (χ2n) is 4.66. The number of hydroxylamine groups is 2. The second kappa shape index (κ2) is 4.45. The van der Waals surface area contributed by atoms with Crippen LogP contribution in [-0.4, -0.2) is 16.7 Å². The number of hydrogen-bond donors (Lipinski definition) is 1. The number of carbonyl (C=O) groups is 1. The van der Waals surface area contributed by atoms with E-state index in [0.29, 0.717) is 6.41 Å². The molecule has 0 heterocycles. The van der Waals surface area contributed by atoms with Gasteiger partial charge in [-0.1, -0.05) is 51.1 Å². The SMILES string of the molecule is CC(C)(C)C(c1ccccc1)N(O)C=O. The monoisotopic (exact) mass is 207 g/mol. The number of amides is 1. The topological polar surface area (TPSA) is 40.5 Å². The molecule has 1 atom stereocenters. The van der Waals surface area contributed by atoms with Crippen LogP contribution in [0.2, 0.25) is 0 Å². The highest BCUT2D eigenvalue weighted by molar-refractivity contribution is 5.47. The van der Waals surface area contributed by atoms with Gasteiger partial charge in [0.1, 0.15) is 0 Å². The van der Waals surface area contributed by atoms with E-state index in [-0.39, 0.29) is 11.5 Å². The van der Waals surface area contributed by atoms with Crippen LogP contribution < -0.4 is 0 Å². The molecule has 0 aliphatic carbocycles. The average molecular weight is 207 g/mol. The minimum absolute atomic E-state index is 0.211. The third kappa shape index (κ3) is 2.80. The largest absolute Gasteiger partial charge is 0.286 e. The first-order chi connectivity index (χ1) is 6.96. The highest BCUT2D eigenvalue weighted by atomic mass is 16.5. The molecule has 1 aromatic rings. The zero-order valence-electron chi connectivity index (χ0n) is 9.34. The van der Waals surface area contributed by atoms with E-state index < -0.39 is 0 Å². The summed E-state index contributed by atoms with van der Waals surface area (Å²) in [6.07, 6.45) is 0.447. The zero-order chi connectivity index (χ0) is 11.5. The first kappa shape index (κ1) is 11.7. The van der Waals surface area contributed by atoms with E-state index in [1.54, 1.807) is 0 Å². The van der Waals surface area contributed by atoms with Crippen molar-refractivity contribution in [2.75, 3.05) is 0 Å². The van der Waals surface area contributed by atoms with E-state index in [0.717, 1.165) is 10.6 Å². The Balaban J connectivity index is 3.08. The van der Waals surface area contributed by atoms with Crippen molar-refractivity contribution in [3.05, 3.63) is 35.9 Å². The van der Waals surface area contributed by atoms with Crippen molar-refractivity contribution >= 4 is 6.41 Å². The maximum Gasteiger partial charge on any atom is 0.233 e. The van der Waals surface area contributed by atoms with Crippen LogP contribution in [0.1, 0.15) is 32.4 Å². The Kier molecular flexibility index (Phi) is 3.48. The third-order valence-electron chi connectivity index (χ3n) is 2.31. The smallest absolute Gasteiger partial charge is 0.233 e. The van der Waals surface area contributed by atoms with Crippen LogP contribution in [0.5, 0.6) is 0 Å². The van der Waals surface area contributed by atoms with Crippen LogP contribution in [0.25, 0.3) is 0 Å². The molecule has 0 radical (unpaired) electrons. The van der Waals surface area contributed by atoms with Crippen molar-refractivity contribution in [3.8, 4) is 0 Å². The van der Waals surface area contributed by atoms with Gasteiger partial charge in [-0.3, -0.25) is 10.0 Å². The standard InChI is InChI=1S/C12H17NO2/c1-12(2,3)11(13(15)9-14)10-7-5-4-6-8-10/h4-9,11,15H,1-3H3. The fraction of sp³-hybridized carbons (Fsp3) is 0.417. The maximum absolute atomic E-state index is 10.6. The molecule has 0 saturated heterocycles. The number of carbonyl (C=O) groups excluding carboxylic acids is 1. The molecule has 0 bridgehead atoms. The normalized spacial score (nSPS) is 13.3. The Hall–Kier alpha value is -1.35. The van der Waals surface area contributed by atoms with E-state index in [1.165, 1.54) is 0 Å². The molecule has 82 valence electrons. The summed E-state index contributed by atoms with van der Waals surface area (Å²) < 4.78 is 0. The van der Waals surface area contributed by atoms with Gasteiger partial charge in [0.05, 0.1) is 6.04 Å². The molecule has 0 spiro atoms. The Morgan fingerprint density at radius 3 is 2.20 bits per heavy atom. The van der Waals surface area contributed by atoms with Gasteiger partial charge >= 0.3 is 0 Å². The summed E-state index contributed by atoms with van der Waals surface area (Å²) in [5.74, 6) is 0. The number of benzene rings is 1. The lowest BCUT2D eigenvalue weighted by Gasteiger charge is -2.34. The van der Waals surface area contributed by atoms with E-state index in [9.17, 15) is 10.0 Å². The number of hydrogen-bond acceptors (Lipinski definition) is 2. The molecule has 0 aliphatic heterocycles. The zero-order valence-corrected chi connectivity index (χ0v) is 9.34. The predicted molar refractivity (Wildman–Crippen MR) is 58.3 cm³/mol. The Morgan fingerprint density at radius 1 is 1.27 bits per heavy atom. The van der Waals surface area contributed by atoms with Crippen LogP contribution in [0.3, 0.4) is 0 Å². The minimum Gasteiger partial charge on any atom is -0.286 e. The van der Waals surface area contributed by atoms with Crippen molar-refractivity contribution in [1.29, 1.82) is 0 Å². The molecular weight excluding hydrogens is 190 g/mol. The Labute approximate surface area is 90.3 Å². The molecule has 1 aromatic carbocycles. The molecule has 0 aliphatic rings. The molecule has 1 unspecified atom stereocenters. The van der Waals surface area contributed by atoms with Gasteiger partial charge < -0.3 is 0 Å². The van der Waals surface area contributed by atoms with E-state index >= 15 is 0 Å². The van der Waals surface area contributed by atoms with Crippen LogP contribution in [0, 0.1) is 5.41 Å². The summed E-state index contributed by atoms with van der Waals surface area (Å²) in [6.45, 7) is 5.95. The number of nitrogens with zero attached hydrogens (tertiary/aromatic N) is 1. The molecule has 3 heteroatoms. The van der Waals surface area contributed by atoms with Crippen molar-refractivity contribution in [1.82, 2.24) is 5.06 Å². The summed E-state index contributed by atoms with van der Waals surface area (Å²) in [5.41, 5.74) is 0.719. The highest BCUT2D eigenvalue weighted by Crippen LogP contribution is 2.36. The van der Waals surface area contributed by atoms with Crippen molar-refractivity contribution in [2.24, 2.45) is 5.41 Å².